The molecule has 0 aliphatic carbocycles. The van der Waals surface area contributed by atoms with Crippen LogP contribution >= 0.6 is 0 Å². The standard InChI is InChI=1S/C15H18N4O3S/c1-12-4-5-15(18-17-12)22-11-13-6-8-19(10-13)23(20,21)14-3-2-7-16-9-14/h2-5,7,9,13H,6,8,10-11H2,1H3. The van der Waals surface area contributed by atoms with Gasteiger partial charge in [-0.3, -0.25) is 4.98 Å². The minimum Gasteiger partial charge on any atom is -0.476 e. The molecule has 1 aliphatic rings. The number of sulfonamides is 1. The van der Waals surface area contributed by atoms with Crippen LogP contribution < -0.4 is 4.74 Å². The number of nitrogens with zero attached hydrogens (tertiary/aromatic N) is 4. The highest BCUT2D eigenvalue weighted by atomic mass is 32.2. The Morgan fingerprint density at radius 2 is 2.17 bits per heavy atom. The third-order valence-electron chi connectivity index (χ3n) is 3.76. The molecule has 8 heteroatoms. The molecule has 3 rings (SSSR count). The first-order chi connectivity index (χ1) is 11.1. The molecular weight excluding hydrogens is 316 g/mol. The van der Waals surface area contributed by atoms with Crippen LogP contribution in [0.2, 0.25) is 0 Å². The van der Waals surface area contributed by atoms with Crippen LogP contribution in [0.25, 0.3) is 0 Å². The van der Waals surface area contributed by atoms with Gasteiger partial charge in [-0.15, -0.1) is 5.10 Å². The summed E-state index contributed by atoms with van der Waals surface area (Å²) in [5, 5.41) is 7.87. The van der Waals surface area contributed by atoms with E-state index in [4.69, 9.17) is 4.74 Å². The Bertz CT molecular complexity index is 750. The van der Waals surface area contributed by atoms with Crippen molar-refractivity contribution >= 4 is 10.0 Å². The van der Waals surface area contributed by atoms with Gasteiger partial charge in [0, 0.05) is 37.5 Å². The van der Waals surface area contributed by atoms with Gasteiger partial charge in [0.05, 0.1) is 12.3 Å². The molecule has 2 aromatic rings. The maximum Gasteiger partial charge on any atom is 0.244 e. The highest BCUT2D eigenvalue weighted by molar-refractivity contribution is 7.89. The fraction of sp³-hybridized carbons (Fsp3) is 0.400. The summed E-state index contributed by atoms with van der Waals surface area (Å²) >= 11 is 0. The Hall–Kier alpha value is -2.06. The largest absolute Gasteiger partial charge is 0.476 e. The van der Waals surface area contributed by atoms with E-state index in [1.807, 2.05) is 13.0 Å². The van der Waals surface area contributed by atoms with Crippen LogP contribution in [-0.4, -0.2) is 47.6 Å². The molecule has 0 bridgehead atoms. The molecule has 122 valence electrons. The van der Waals surface area contributed by atoms with Crippen molar-refractivity contribution in [2.45, 2.75) is 18.2 Å². The molecule has 0 aromatic carbocycles. The lowest BCUT2D eigenvalue weighted by Gasteiger charge is -2.16. The maximum absolute atomic E-state index is 12.5. The van der Waals surface area contributed by atoms with Crippen LogP contribution in [-0.2, 0) is 10.0 Å². The number of rotatable bonds is 5. The van der Waals surface area contributed by atoms with Crippen molar-refractivity contribution in [2.24, 2.45) is 5.92 Å². The molecule has 0 spiro atoms. The van der Waals surface area contributed by atoms with Gasteiger partial charge in [-0.2, -0.15) is 9.40 Å². The average Bonchev–Trinajstić information content (AvgIpc) is 3.05. The second-order valence-electron chi connectivity index (χ2n) is 5.53. The number of aromatic nitrogens is 3. The Kier molecular flexibility index (Phi) is 4.53. The van der Waals surface area contributed by atoms with Gasteiger partial charge in [-0.1, -0.05) is 0 Å². The van der Waals surface area contributed by atoms with Crippen molar-refractivity contribution in [1.82, 2.24) is 19.5 Å². The number of aryl methyl sites for hydroxylation is 1. The van der Waals surface area contributed by atoms with E-state index in [1.54, 1.807) is 24.4 Å². The molecule has 0 saturated carbocycles. The summed E-state index contributed by atoms with van der Waals surface area (Å²) in [6.07, 6.45) is 3.70. The van der Waals surface area contributed by atoms with Crippen LogP contribution in [0.15, 0.2) is 41.6 Å². The van der Waals surface area contributed by atoms with Gasteiger partial charge in [-0.25, -0.2) is 8.42 Å². The molecule has 0 amide bonds. The van der Waals surface area contributed by atoms with E-state index in [0.29, 0.717) is 25.6 Å². The second-order valence-corrected chi connectivity index (χ2v) is 7.47. The van der Waals surface area contributed by atoms with E-state index < -0.39 is 10.0 Å². The van der Waals surface area contributed by atoms with Crippen molar-refractivity contribution in [3.8, 4) is 5.88 Å². The number of pyridine rings is 1. The summed E-state index contributed by atoms with van der Waals surface area (Å²) in [6, 6.07) is 6.78. The first kappa shape index (κ1) is 15.8. The molecule has 0 N–H and O–H groups in total. The lowest BCUT2D eigenvalue weighted by atomic mass is 10.1. The van der Waals surface area contributed by atoms with Gasteiger partial charge in [0.25, 0.3) is 0 Å². The monoisotopic (exact) mass is 334 g/mol. The fourth-order valence-electron chi connectivity index (χ4n) is 2.47. The van der Waals surface area contributed by atoms with Gasteiger partial charge in [0.15, 0.2) is 0 Å². The maximum atomic E-state index is 12.5. The van der Waals surface area contributed by atoms with E-state index in [2.05, 4.69) is 15.2 Å². The van der Waals surface area contributed by atoms with Crippen molar-refractivity contribution in [2.75, 3.05) is 19.7 Å². The minimum atomic E-state index is -3.47. The zero-order valence-corrected chi connectivity index (χ0v) is 13.6. The molecule has 2 aromatic heterocycles. The third kappa shape index (κ3) is 3.65. The molecule has 1 fully saturated rings. The molecule has 1 saturated heterocycles. The van der Waals surface area contributed by atoms with Crippen LogP contribution in [0, 0.1) is 12.8 Å². The molecule has 1 unspecified atom stereocenters. The molecule has 7 nitrogen and oxygen atoms in total. The Morgan fingerprint density at radius 3 is 2.87 bits per heavy atom. The Labute approximate surface area is 135 Å². The first-order valence-corrected chi connectivity index (χ1v) is 8.83. The summed E-state index contributed by atoms with van der Waals surface area (Å²) in [5.41, 5.74) is 0.826. The van der Waals surface area contributed by atoms with Crippen molar-refractivity contribution in [3.05, 3.63) is 42.4 Å². The predicted molar refractivity (Wildman–Crippen MR) is 83.4 cm³/mol. The molecule has 3 heterocycles. The lowest BCUT2D eigenvalue weighted by molar-refractivity contribution is 0.244. The Morgan fingerprint density at radius 1 is 1.30 bits per heavy atom. The van der Waals surface area contributed by atoms with Gasteiger partial charge >= 0.3 is 0 Å². The molecule has 23 heavy (non-hydrogen) atoms. The summed E-state index contributed by atoms with van der Waals surface area (Å²) in [7, 11) is -3.47. The van der Waals surface area contributed by atoms with Gasteiger partial charge < -0.3 is 4.74 Å². The quantitative estimate of drug-likeness (QED) is 0.818. The van der Waals surface area contributed by atoms with E-state index in [-0.39, 0.29) is 10.8 Å². The third-order valence-corrected chi connectivity index (χ3v) is 5.61. The smallest absolute Gasteiger partial charge is 0.244 e. The van der Waals surface area contributed by atoms with Crippen LogP contribution in [0.3, 0.4) is 0 Å². The zero-order valence-electron chi connectivity index (χ0n) is 12.8. The van der Waals surface area contributed by atoms with Crippen molar-refractivity contribution in [3.63, 3.8) is 0 Å². The van der Waals surface area contributed by atoms with E-state index >= 15 is 0 Å². The Balaban J connectivity index is 1.59. The first-order valence-electron chi connectivity index (χ1n) is 7.39. The fourth-order valence-corrected chi connectivity index (χ4v) is 3.96. The second kappa shape index (κ2) is 6.59. The van der Waals surface area contributed by atoms with E-state index in [1.165, 1.54) is 10.5 Å². The summed E-state index contributed by atoms with van der Waals surface area (Å²) in [4.78, 5) is 4.11. The van der Waals surface area contributed by atoms with Crippen molar-refractivity contribution < 1.29 is 13.2 Å². The van der Waals surface area contributed by atoms with Gasteiger partial charge in [0.2, 0.25) is 15.9 Å². The number of hydrogen-bond acceptors (Lipinski definition) is 6. The molecule has 1 aliphatic heterocycles. The average molecular weight is 334 g/mol. The summed E-state index contributed by atoms with van der Waals surface area (Å²) in [6.45, 7) is 3.22. The van der Waals surface area contributed by atoms with Crippen LogP contribution in [0.4, 0.5) is 0 Å². The highest BCUT2D eigenvalue weighted by Crippen LogP contribution is 2.24. The predicted octanol–water partition coefficient (Wildman–Crippen LogP) is 1.27. The van der Waals surface area contributed by atoms with Gasteiger partial charge in [0.1, 0.15) is 4.90 Å². The summed E-state index contributed by atoms with van der Waals surface area (Å²) in [5.74, 6) is 0.605. The normalized spacial score (nSPS) is 18.9. The van der Waals surface area contributed by atoms with Gasteiger partial charge in [-0.05, 0) is 31.5 Å². The molecular formula is C15H18N4O3S. The highest BCUT2D eigenvalue weighted by Gasteiger charge is 2.33. The number of ether oxygens (including phenoxy) is 1. The van der Waals surface area contributed by atoms with E-state index in [0.717, 1.165) is 12.1 Å². The topological polar surface area (TPSA) is 85.3 Å². The SMILES string of the molecule is Cc1ccc(OCC2CCN(S(=O)(=O)c3cccnc3)C2)nn1. The number of hydrogen-bond donors (Lipinski definition) is 0. The van der Waals surface area contributed by atoms with Crippen LogP contribution in [0.5, 0.6) is 5.88 Å². The van der Waals surface area contributed by atoms with E-state index in [9.17, 15) is 8.42 Å². The summed E-state index contributed by atoms with van der Waals surface area (Å²) < 4.78 is 32.1. The van der Waals surface area contributed by atoms with Crippen molar-refractivity contribution in [1.29, 1.82) is 0 Å². The molecule has 1 atom stereocenters. The van der Waals surface area contributed by atoms with Crippen LogP contribution in [0.1, 0.15) is 12.1 Å². The minimum absolute atomic E-state index is 0.143. The zero-order chi connectivity index (χ0) is 16.3. The molecule has 0 radical (unpaired) electrons. The lowest BCUT2D eigenvalue weighted by Crippen LogP contribution is -2.29.